The zero-order valence-corrected chi connectivity index (χ0v) is 14.1. The van der Waals surface area contributed by atoms with Gasteiger partial charge >= 0.3 is 6.09 Å². The third kappa shape index (κ3) is 5.33. The largest absolute Gasteiger partial charge is 0.444 e. The Morgan fingerprint density at radius 1 is 1.08 bits per heavy atom. The van der Waals surface area contributed by atoms with Crippen molar-refractivity contribution in [1.82, 2.24) is 0 Å². The average Bonchev–Trinajstić information content (AvgIpc) is 2.52. The van der Waals surface area contributed by atoms with Crippen molar-refractivity contribution in [2.75, 3.05) is 10.6 Å². The van der Waals surface area contributed by atoms with Gasteiger partial charge in [-0.3, -0.25) is 5.32 Å². The highest BCUT2D eigenvalue weighted by molar-refractivity contribution is 5.85. The van der Waals surface area contributed by atoms with Gasteiger partial charge in [-0.25, -0.2) is 4.79 Å². The molecule has 2 rings (SSSR count). The van der Waals surface area contributed by atoms with Crippen molar-refractivity contribution in [3.8, 4) is 6.07 Å². The summed E-state index contributed by atoms with van der Waals surface area (Å²) >= 11 is 0. The number of anilines is 2. The van der Waals surface area contributed by atoms with Gasteiger partial charge in [0.1, 0.15) is 5.60 Å². The van der Waals surface area contributed by atoms with Crippen LogP contribution in [0.4, 0.5) is 16.2 Å². The van der Waals surface area contributed by atoms with Crippen LogP contribution in [0.5, 0.6) is 0 Å². The number of nitrogens with zero attached hydrogens (tertiary/aromatic N) is 1. The quantitative estimate of drug-likeness (QED) is 0.867. The first-order valence-corrected chi connectivity index (χ1v) is 7.69. The molecule has 2 aromatic carbocycles. The molecule has 5 heteroatoms. The molecule has 2 aromatic rings. The molecule has 0 aliphatic rings. The Morgan fingerprint density at radius 2 is 1.71 bits per heavy atom. The Bertz CT molecular complexity index is 740. The van der Waals surface area contributed by atoms with Crippen molar-refractivity contribution in [2.45, 2.75) is 32.9 Å². The standard InChI is InChI=1S/C19H21N3O2/c1-19(2,3)24-18(23)22-17-10-8-16(9-11-17)21-13-15-7-5-4-6-14(15)12-20/h4-11,21H,13H2,1-3H3,(H,22,23). The van der Waals surface area contributed by atoms with E-state index in [0.29, 0.717) is 17.8 Å². The number of rotatable bonds is 4. The Kier molecular flexibility index (Phi) is 5.43. The lowest BCUT2D eigenvalue weighted by atomic mass is 10.1. The van der Waals surface area contributed by atoms with Gasteiger partial charge in [-0.2, -0.15) is 5.26 Å². The van der Waals surface area contributed by atoms with E-state index in [1.165, 1.54) is 0 Å². The molecule has 0 aliphatic heterocycles. The third-order valence-electron chi connectivity index (χ3n) is 3.15. The van der Waals surface area contributed by atoms with Crippen LogP contribution in [-0.2, 0) is 11.3 Å². The fourth-order valence-electron chi connectivity index (χ4n) is 2.07. The fraction of sp³-hybridized carbons (Fsp3) is 0.263. The van der Waals surface area contributed by atoms with Crippen molar-refractivity contribution in [1.29, 1.82) is 5.26 Å². The minimum Gasteiger partial charge on any atom is -0.444 e. The predicted octanol–water partition coefficient (Wildman–Crippen LogP) is 4.52. The van der Waals surface area contributed by atoms with Crippen molar-refractivity contribution in [3.63, 3.8) is 0 Å². The number of nitrogens with one attached hydrogen (secondary N) is 2. The maximum atomic E-state index is 11.7. The molecule has 2 N–H and O–H groups in total. The van der Waals surface area contributed by atoms with Crippen LogP contribution in [0.15, 0.2) is 48.5 Å². The summed E-state index contributed by atoms with van der Waals surface area (Å²) in [7, 11) is 0. The third-order valence-corrected chi connectivity index (χ3v) is 3.15. The van der Waals surface area contributed by atoms with Gasteiger partial charge in [0.25, 0.3) is 0 Å². The highest BCUT2D eigenvalue weighted by atomic mass is 16.6. The van der Waals surface area contributed by atoms with E-state index in [1.54, 1.807) is 18.2 Å². The lowest BCUT2D eigenvalue weighted by molar-refractivity contribution is 0.0636. The van der Waals surface area contributed by atoms with E-state index < -0.39 is 11.7 Å². The highest BCUT2D eigenvalue weighted by Gasteiger charge is 2.16. The van der Waals surface area contributed by atoms with Crippen LogP contribution in [0.1, 0.15) is 31.9 Å². The van der Waals surface area contributed by atoms with Gasteiger partial charge in [-0.15, -0.1) is 0 Å². The maximum Gasteiger partial charge on any atom is 0.412 e. The van der Waals surface area contributed by atoms with E-state index >= 15 is 0 Å². The molecule has 0 spiro atoms. The highest BCUT2D eigenvalue weighted by Crippen LogP contribution is 2.17. The van der Waals surface area contributed by atoms with Crippen molar-refractivity contribution in [2.24, 2.45) is 0 Å². The number of benzene rings is 2. The number of nitriles is 1. The molecule has 0 bridgehead atoms. The summed E-state index contributed by atoms with van der Waals surface area (Å²) < 4.78 is 5.21. The van der Waals surface area contributed by atoms with Gasteiger partial charge < -0.3 is 10.1 Å². The Balaban J connectivity index is 1.93. The van der Waals surface area contributed by atoms with E-state index in [4.69, 9.17) is 10.00 Å². The smallest absolute Gasteiger partial charge is 0.412 e. The molecule has 24 heavy (non-hydrogen) atoms. The van der Waals surface area contributed by atoms with E-state index in [1.807, 2.05) is 51.1 Å². The Hall–Kier alpha value is -3.00. The van der Waals surface area contributed by atoms with E-state index in [0.717, 1.165) is 11.3 Å². The van der Waals surface area contributed by atoms with Crippen molar-refractivity contribution >= 4 is 17.5 Å². The summed E-state index contributed by atoms with van der Waals surface area (Å²) in [6.07, 6.45) is -0.480. The second-order valence-electron chi connectivity index (χ2n) is 6.33. The van der Waals surface area contributed by atoms with E-state index in [2.05, 4.69) is 16.7 Å². The summed E-state index contributed by atoms with van der Waals surface area (Å²) in [6.45, 7) is 6.01. The number of carbonyl (C=O) groups excluding carboxylic acids is 1. The normalized spacial score (nSPS) is 10.6. The molecular weight excluding hydrogens is 302 g/mol. The van der Waals surface area contributed by atoms with Gasteiger partial charge in [-0.1, -0.05) is 18.2 Å². The molecule has 0 aliphatic carbocycles. The summed E-state index contributed by atoms with van der Waals surface area (Å²) in [5.41, 5.74) is 2.63. The van der Waals surface area contributed by atoms with Crippen LogP contribution in [-0.4, -0.2) is 11.7 Å². The first kappa shape index (κ1) is 17.4. The molecule has 0 unspecified atom stereocenters. The van der Waals surface area contributed by atoms with Gasteiger partial charge in [0.2, 0.25) is 0 Å². The van der Waals surface area contributed by atoms with Gasteiger partial charge in [0.05, 0.1) is 11.6 Å². The molecule has 0 fully saturated rings. The zero-order chi connectivity index (χ0) is 17.6. The SMILES string of the molecule is CC(C)(C)OC(=O)Nc1ccc(NCc2ccccc2C#N)cc1. The molecule has 5 nitrogen and oxygen atoms in total. The number of hydrogen-bond acceptors (Lipinski definition) is 4. The molecule has 0 aromatic heterocycles. The van der Waals surface area contributed by atoms with E-state index in [-0.39, 0.29) is 0 Å². The zero-order valence-electron chi connectivity index (χ0n) is 14.1. The van der Waals surface area contributed by atoms with Gasteiger partial charge in [0.15, 0.2) is 0 Å². The van der Waals surface area contributed by atoms with Crippen LogP contribution in [0, 0.1) is 11.3 Å². The van der Waals surface area contributed by atoms with Gasteiger partial charge in [-0.05, 0) is 56.7 Å². The fourth-order valence-corrected chi connectivity index (χ4v) is 2.07. The van der Waals surface area contributed by atoms with Crippen LogP contribution >= 0.6 is 0 Å². The lowest BCUT2D eigenvalue weighted by Crippen LogP contribution is -2.27. The molecule has 0 radical (unpaired) electrons. The summed E-state index contributed by atoms with van der Waals surface area (Å²) in [5, 5.41) is 15.0. The Morgan fingerprint density at radius 3 is 2.33 bits per heavy atom. The average molecular weight is 323 g/mol. The Labute approximate surface area is 142 Å². The first-order chi connectivity index (χ1) is 11.4. The minimum atomic E-state index is -0.528. The molecule has 0 saturated carbocycles. The topological polar surface area (TPSA) is 74.2 Å². The molecule has 0 saturated heterocycles. The monoisotopic (exact) mass is 323 g/mol. The van der Waals surface area contributed by atoms with Gasteiger partial charge in [0, 0.05) is 17.9 Å². The van der Waals surface area contributed by atoms with Crippen LogP contribution in [0.25, 0.3) is 0 Å². The first-order valence-electron chi connectivity index (χ1n) is 7.69. The molecular formula is C19H21N3O2. The number of amides is 1. The summed E-state index contributed by atoms with van der Waals surface area (Å²) in [5.74, 6) is 0. The van der Waals surface area contributed by atoms with Crippen molar-refractivity contribution in [3.05, 3.63) is 59.7 Å². The lowest BCUT2D eigenvalue weighted by Gasteiger charge is -2.19. The predicted molar refractivity (Wildman–Crippen MR) is 94.8 cm³/mol. The summed E-state index contributed by atoms with van der Waals surface area (Å²) in [4.78, 5) is 11.7. The second kappa shape index (κ2) is 7.51. The number of hydrogen-bond donors (Lipinski definition) is 2. The van der Waals surface area contributed by atoms with E-state index in [9.17, 15) is 4.79 Å². The van der Waals surface area contributed by atoms with Crippen molar-refractivity contribution < 1.29 is 9.53 Å². The minimum absolute atomic E-state index is 0.480. The maximum absolute atomic E-state index is 11.7. The number of carbonyl (C=O) groups is 1. The number of ether oxygens (including phenoxy) is 1. The van der Waals surface area contributed by atoms with Crippen LogP contribution in [0.2, 0.25) is 0 Å². The van der Waals surface area contributed by atoms with Crippen LogP contribution < -0.4 is 10.6 Å². The molecule has 1 amide bonds. The molecule has 124 valence electrons. The molecule has 0 heterocycles. The van der Waals surface area contributed by atoms with Crippen LogP contribution in [0.3, 0.4) is 0 Å². The summed E-state index contributed by atoms with van der Waals surface area (Å²) in [6, 6.07) is 17.0. The second-order valence-corrected chi connectivity index (χ2v) is 6.33. The molecule has 0 atom stereocenters.